The van der Waals surface area contributed by atoms with E-state index in [1.807, 2.05) is 0 Å². The van der Waals surface area contributed by atoms with Gasteiger partial charge < -0.3 is 4.42 Å². The first-order valence-corrected chi connectivity index (χ1v) is 6.98. The highest BCUT2D eigenvalue weighted by molar-refractivity contribution is 7.98. The molecular weight excluding hydrogens is 228 g/mol. The fraction of sp³-hybridized carbons (Fsp3) is 0.333. The zero-order chi connectivity index (χ0) is 12.5. The van der Waals surface area contributed by atoms with Crippen LogP contribution in [0.3, 0.4) is 0 Å². The molecular formula is C15H18OS. The van der Waals surface area contributed by atoms with Crippen LogP contribution < -0.4 is 0 Å². The number of benzene rings is 1. The van der Waals surface area contributed by atoms with Crippen LogP contribution in [0.2, 0.25) is 0 Å². The molecule has 0 amide bonds. The van der Waals surface area contributed by atoms with Crippen molar-refractivity contribution in [3.8, 4) is 11.3 Å². The quantitative estimate of drug-likeness (QED) is 0.694. The van der Waals surface area contributed by atoms with Crippen LogP contribution in [0.15, 0.2) is 45.7 Å². The number of thioether (sulfide) groups is 1. The summed E-state index contributed by atoms with van der Waals surface area (Å²) in [5.74, 6) is 1.98. The summed E-state index contributed by atoms with van der Waals surface area (Å²) in [5.41, 5.74) is 1.20. The minimum absolute atomic E-state index is 0.0669. The highest BCUT2D eigenvalue weighted by Crippen LogP contribution is 2.30. The van der Waals surface area contributed by atoms with E-state index in [0.29, 0.717) is 0 Å². The van der Waals surface area contributed by atoms with Gasteiger partial charge in [0.15, 0.2) is 0 Å². The molecule has 1 aromatic heterocycles. The molecule has 2 heteroatoms. The molecule has 2 aromatic rings. The van der Waals surface area contributed by atoms with Gasteiger partial charge in [-0.3, -0.25) is 0 Å². The molecule has 0 bridgehead atoms. The van der Waals surface area contributed by atoms with Gasteiger partial charge in [-0.2, -0.15) is 0 Å². The van der Waals surface area contributed by atoms with E-state index in [2.05, 4.69) is 63.4 Å². The Morgan fingerprint density at radius 1 is 0.941 bits per heavy atom. The molecule has 0 spiro atoms. The van der Waals surface area contributed by atoms with Crippen molar-refractivity contribution in [3.05, 3.63) is 42.2 Å². The van der Waals surface area contributed by atoms with Gasteiger partial charge in [0.1, 0.15) is 11.5 Å². The fourth-order valence-corrected chi connectivity index (χ4v) is 2.06. The molecule has 1 aromatic carbocycles. The van der Waals surface area contributed by atoms with E-state index in [0.717, 1.165) is 17.1 Å². The third-order valence-electron chi connectivity index (χ3n) is 2.72. The van der Waals surface area contributed by atoms with E-state index in [1.165, 1.54) is 4.90 Å². The topological polar surface area (TPSA) is 13.1 Å². The standard InChI is InChI=1S/C15H18OS/c1-15(2,3)14-10-9-13(16-14)11-5-7-12(17-4)8-6-11/h5-10H,1-4H3. The maximum absolute atomic E-state index is 5.90. The third-order valence-corrected chi connectivity index (χ3v) is 3.46. The summed E-state index contributed by atoms with van der Waals surface area (Å²) in [4.78, 5) is 1.27. The second kappa shape index (κ2) is 4.61. The molecule has 2 rings (SSSR count). The van der Waals surface area contributed by atoms with Crippen molar-refractivity contribution in [2.45, 2.75) is 31.1 Å². The van der Waals surface area contributed by atoms with E-state index in [9.17, 15) is 0 Å². The van der Waals surface area contributed by atoms with Gasteiger partial charge >= 0.3 is 0 Å². The summed E-state index contributed by atoms with van der Waals surface area (Å²) in [6, 6.07) is 12.6. The lowest BCUT2D eigenvalue weighted by Crippen LogP contribution is -2.08. The number of hydrogen-bond acceptors (Lipinski definition) is 2. The Balaban J connectivity index is 2.30. The molecule has 90 valence electrons. The Hall–Kier alpha value is -1.15. The van der Waals surface area contributed by atoms with Crippen molar-refractivity contribution in [2.75, 3.05) is 6.26 Å². The van der Waals surface area contributed by atoms with Gasteiger partial charge in [0.05, 0.1) is 0 Å². The second-order valence-corrected chi connectivity index (χ2v) is 6.02. The van der Waals surface area contributed by atoms with Gasteiger partial charge in [-0.25, -0.2) is 0 Å². The van der Waals surface area contributed by atoms with Crippen LogP contribution in [-0.4, -0.2) is 6.26 Å². The lowest BCUT2D eigenvalue weighted by molar-refractivity contribution is 0.417. The van der Waals surface area contributed by atoms with Crippen LogP contribution in [0.25, 0.3) is 11.3 Å². The predicted octanol–water partition coefficient (Wildman–Crippen LogP) is 4.97. The van der Waals surface area contributed by atoms with Gasteiger partial charge in [0.25, 0.3) is 0 Å². The average Bonchev–Trinajstić information content (AvgIpc) is 2.78. The van der Waals surface area contributed by atoms with Crippen molar-refractivity contribution in [3.63, 3.8) is 0 Å². The molecule has 1 heterocycles. The van der Waals surface area contributed by atoms with Crippen molar-refractivity contribution in [2.24, 2.45) is 0 Å². The van der Waals surface area contributed by atoms with E-state index in [-0.39, 0.29) is 5.41 Å². The van der Waals surface area contributed by atoms with Crippen molar-refractivity contribution in [1.29, 1.82) is 0 Å². The summed E-state index contributed by atoms with van der Waals surface area (Å²) in [5, 5.41) is 0. The second-order valence-electron chi connectivity index (χ2n) is 5.14. The normalized spacial score (nSPS) is 11.8. The molecule has 0 saturated heterocycles. The molecule has 0 N–H and O–H groups in total. The van der Waals surface area contributed by atoms with Gasteiger partial charge in [-0.1, -0.05) is 32.9 Å². The van der Waals surface area contributed by atoms with E-state index < -0.39 is 0 Å². The maximum atomic E-state index is 5.90. The monoisotopic (exact) mass is 246 g/mol. The Morgan fingerprint density at radius 2 is 1.59 bits per heavy atom. The zero-order valence-electron chi connectivity index (χ0n) is 10.8. The molecule has 0 radical (unpaired) electrons. The van der Waals surface area contributed by atoms with E-state index >= 15 is 0 Å². The molecule has 0 unspecified atom stereocenters. The van der Waals surface area contributed by atoms with Gasteiger partial charge in [0.2, 0.25) is 0 Å². The predicted molar refractivity (Wildman–Crippen MR) is 74.6 cm³/mol. The molecule has 0 aliphatic heterocycles. The fourth-order valence-electron chi connectivity index (χ4n) is 1.65. The first kappa shape index (κ1) is 12.3. The summed E-state index contributed by atoms with van der Waals surface area (Å²) >= 11 is 1.75. The summed E-state index contributed by atoms with van der Waals surface area (Å²) in [6.45, 7) is 6.48. The van der Waals surface area contributed by atoms with Gasteiger partial charge in [-0.05, 0) is 30.5 Å². The Bertz CT molecular complexity index is 488. The maximum Gasteiger partial charge on any atom is 0.134 e. The smallest absolute Gasteiger partial charge is 0.134 e. The van der Waals surface area contributed by atoms with Crippen LogP contribution in [0.1, 0.15) is 26.5 Å². The number of hydrogen-bond donors (Lipinski definition) is 0. The minimum Gasteiger partial charge on any atom is -0.461 e. The molecule has 1 nitrogen and oxygen atoms in total. The van der Waals surface area contributed by atoms with Crippen LogP contribution in [-0.2, 0) is 5.41 Å². The summed E-state index contributed by atoms with van der Waals surface area (Å²) < 4.78 is 5.90. The van der Waals surface area contributed by atoms with Crippen LogP contribution >= 0.6 is 11.8 Å². The Labute approximate surface area is 107 Å². The number of rotatable bonds is 2. The lowest BCUT2D eigenvalue weighted by Gasteiger charge is -2.14. The first-order valence-electron chi connectivity index (χ1n) is 5.75. The van der Waals surface area contributed by atoms with Gasteiger partial charge in [0, 0.05) is 15.9 Å². The molecule has 0 aliphatic rings. The zero-order valence-corrected chi connectivity index (χ0v) is 11.6. The van der Waals surface area contributed by atoms with Crippen LogP contribution in [0, 0.1) is 0 Å². The van der Waals surface area contributed by atoms with Crippen molar-refractivity contribution >= 4 is 11.8 Å². The van der Waals surface area contributed by atoms with Gasteiger partial charge in [-0.15, -0.1) is 11.8 Å². The summed E-state index contributed by atoms with van der Waals surface area (Å²) in [7, 11) is 0. The first-order chi connectivity index (χ1) is 8.00. The highest BCUT2D eigenvalue weighted by Gasteiger charge is 2.18. The Kier molecular flexibility index (Phi) is 3.34. The average molecular weight is 246 g/mol. The molecule has 17 heavy (non-hydrogen) atoms. The van der Waals surface area contributed by atoms with Crippen LogP contribution in [0.4, 0.5) is 0 Å². The Morgan fingerprint density at radius 3 is 2.06 bits per heavy atom. The van der Waals surface area contributed by atoms with Crippen LogP contribution in [0.5, 0.6) is 0 Å². The molecule has 0 atom stereocenters. The van der Waals surface area contributed by atoms with Crippen molar-refractivity contribution in [1.82, 2.24) is 0 Å². The lowest BCUT2D eigenvalue weighted by atomic mass is 9.94. The SMILES string of the molecule is CSc1ccc(-c2ccc(C(C)(C)C)o2)cc1. The minimum atomic E-state index is 0.0669. The number of furan rings is 1. The van der Waals surface area contributed by atoms with Crippen molar-refractivity contribution < 1.29 is 4.42 Å². The molecule has 0 aliphatic carbocycles. The van der Waals surface area contributed by atoms with E-state index in [4.69, 9.17) is 4.42 Å². The molecule has 0 fully saturated rings. The third kappa shape index (κ3) is 2.75. The highest BCUT2D eigenvalue weighted by atomic mass is 32.2. The molecule has 0 saturated carbocycles. The largest absolute Gasteiger partial charge is 0.461 e. The van der Waals surface area contributed by atoms with E-state index in [1.54, 1.807) is 11.8 Å². The summed E-state index contributed by atoms with van der Waals surface area (Å²) in [6.07, 6.45) is 2.08.